The van der Waals surface area contributed by atoms with Crippen molar-refractivity contribution < 1.29 is 13.2 Å². The molecule has 1 fully saturated rings. The van der Waals surface area contributed by atoms with E-state index in [0.717, 1.165) is 5.82 Å². The number of benzene rings is 1. The Bertz CT molecular complexity index is 1190. The lowest BCUT2D eigenvalue weighted by molar-refractivity contribution is 0.382. The minimum absolute atomic E-state index is 0.305. The highest BCUT2D eigenvalue weighted by Crippen LogP contribution is 2.27. The number of hydrogen-bond acceptors (Lipinski definition) is 7. The fraction of sp³-hybridized carbons (Fsp3) is 0.381. The monoisotopic (exact) mass is 442 g/mol. The van der Waals surface area contributed by atoms with Crippen LogP contribution in [0.4, 0.5) is 5.82 Å². The van der Waals surface area contributed by atoms with Gasteiger partial charge in [-0.05, 0) is 32.9 Å². The number of sulfonamides is 1. The van der Waals surface area contributed by atoms with Gasteiger partial charge in [0.25, 0.3) is 0 Å². The van der Waals surface area contributed by atoms with E-state index in [4.69, 9.17) is 4.74 Å². The Labute approximate surface area is 182 Å². The first-order chi connectivity index (χ1) is 14.8. The Balaban J connectivity index is 1.50. The highest BCUT2D eigenvalue weighted by Gasteiger charge is 2.33. The number of ether oxygens (including phenoxy) is 1. The van der Waals surface area contributed by atoms with Crippen LogP contribution in [0, 0.1) is 20.8 Å². The van der Waals surface area contributed by atoms with Crippen LogP contribution in [-0.4, -0.2) is 58.7 Å². The summed E-state index contributed by atoms with van der Waals surface area (Å²) in [7, 11) is -1.84. The largest absolute Gasteiger partial charge is 0.439 e. The van der Waals surface area contributed by atoms with E-state index in [1.165, 1.54) is 4.31 Å². The van der Waals surface area contributed by atoms with Gasteiger partial charge in [-0.1, -0.05) is 18.2 Å². The van der Waals surface area contributed by atoms with Crippen molar-refractivity contribution in [1.29, 1.82) is 0 Å². The summed E-state index contributed by atoms with van der Waals surface area (Å²) in [6.45, 7) is 7.12. The molecule has 3 heterocycles. The zero-order chi connectivity index (χ0) is 22.2. The molecule has 1 aliphatic heterocycles. The van der Waals surface area contributed by atoms with Crippen molar-refractivity contribution in [3.8, 4) is 11.6 Å². The van der Waals surface area contributed by atoms with Gasteiger partial charge in [-0.15, -0.1) is 0 Å². The summed E-state index contributed by atoms with van der Waals surface area (Å²) in [4.78, 5) is 11.3. The Morgan fingerprint density at radius 1 is 0.968 bits per heavy atom. The highest BCUT2D eigenvalue weighted by molar-refractivity contribution is 7.89. The van der Waals surface area contributed by atoms with E-state index in [-0.39, 0.29) is 0 Å². The minimum atomic E-state index is -3.60. The minimum Gasteiger partial charge on any atom is -0.439 e. The third-order valence-electron chi connectivity index (χ3n) is 5.37. The maximum absolute atomic E-state index is 13.2. The van der Waals surface area contributed by atoms with E-state index in [2.05, 4.69) is 20.0 Å². The fourth-order valence-electron chi connectivity index (χ4n) is 3.76. The predicted molar refractivity (Wildman–Crippen MR) is 117 cm³/mol. The van der Waals surface area contributed by atoms with Crippen LogP contribution in [0.1, 0.15) is 17.2 Å². The molecule has 9 nitrogen and oxygen atoms in total. The van der Waals surface area contributed by atoms with Crippen LogP contribution in [-0.2, 0) is 17.1 Å². The maximum Gasteiger partial charge on any atom is 0.246 e. The van der Waals surface area contributed by atoms with Gasteiger partial charge in [-0.25, -0.2) is 13.4 Å². The molecule has 0 saturated carbocycles. The van der Waals surface area contributed by atoms with Crippen molar-refractivity contribution in [3.63, 3.8) is 0 Å². The van der Waals surface area contributed by atoms with Crippen LogP contribution in [0.25, 0.3) is 0 Å². The lowest BCUT2D eigenvalue weighted by atomic mass is 10.3. The van der Waals surface area contributed by atoms with Crippen molar-refractivity contribution in [2.24, 2.45) is 7.05 Å². The van der Waals surface area contributed by atoms with Crippen LogP contribution in [0.5, 0.6) is 11.6 Å². The normalized spacial score (nSPS) is 15.3. The van der Waals surface area contributed by atoms with Gasteiger partial charge in [-0.3, -0.25) is 4.68 Å². The summed E-state index contributed by atoms with van der Waals surface area (Å²) in [5.74, 6) is 2.49. The van der Waals surface area contributed by atoms with Gasteiger partial charge < -0.3 is 9.64 Å². The molecular formula is C21H26N6O3S. The maximum atomic E-state index is 13.2. The molecule has 0 bridgehead atoms. The summed E-state index contributed by atoms with van der Waals surface area (Å²) < 4.78 is 35.4. The molecule has 1 saturated heterocycles. The van der Waals surface area contributed by atoms with Gasteiger partial charge in [0.2, 0.25) is 15.9 Å². The van der Waals surface area contributed by atoms with Crippen molar-refractivity contribution in [2.75, 3.05) is 31.1 Å². The SMILES string of the molecule is Cc1nc(Oc2ccccc2)cc(N2CCN(S(=O)(=O)c3c(C)nn(C)c3C)CC2)n1. The van der Waals surface area contributed by atoms with E-state index in [1.54, 1.807) is 31.6 Å². The van der Waals surface area contributed by atoms with E-state index in [0.29, 0.717) is 59.9 Å². The van der Waals surface area contributed by atoms with Crippen LogP contribution >= 0.6 is 0 Å². The molecule has 0 radical (unpaired) electrons. The first-order valence-electron chi connectivity index (χ1n) is 10.1. The lowest BCUT2D eigenvalue weighted by Crippen LogP contribution is -2.49. The molecule has 0 unspecified atom stereocenters. The van der Waals surface area contributed by atoms with E-state index in [1.807, 2.05) is 37.3 Å². The van der Waals surface area contributed by atoms with Crippen molar-refractivity contribution in [2.45, 2.75) is 25.7 Å². The standard InChI is InChI=1S/C21H26N6O3S/c1-15-21(16(2)25(4)24-15)31(28,29)27-12-10-26(11-13-27)19-14-20(23-17(3)22-19)30-18-8-6-5-7-9-18/h5-9,14H,10-13H2,1-4H3. The van der Waals surface area contributed by atoms with Crippen molar-refractivity contribution in [3.05, 3.63) is 53.6 Å². The van der Waals surface area contributed by atoms with Gasteiger partial charge in [0, 0.05) is 39.3 Å². The van der Waals surface area contributed by atoms with Crippen LogP contribution in [0.15, 0.2) is 41.3 Å². The molecule has 2 aromatic heterocycles. The number of anilines is 1. The van der Waals surface area contributed by atoms with Crippen LogP contribution in [0.3, 0.4) is 0 Å². The molecule has 10 heteroatoms. The molecule has 1 aromatic carbocycles. The second kappa shape index (κ2) is 8.27. The Hall–Kier alpha value is -2.98. The van der Waals surface area contributed by atoms with Crippen molar-refractivity contribution >= 4 is 15.8 Å². The van der Waals surface area contributed by atoms with E-state index < -0.39 is 10.0 Å². The van der Waals surface area contributed by atoms with Gasteiger partial charge in [-0.2, -0.15) is 14.4 Å². The summed E-state index contributed by atoms with van der Waals surface area (Å²) >= 11 is 0. The number of nitrogens with zero attached hydrogens (tertiary/aromatic N) is 6. The molecule has 164 valence electrons. The highest BCUT2D eigenvalue weighted by atomic mass is 32.2. The molecule has 1 aliphatic rings. The summed E-state index contributed by atoms with van der Waals surface area (Å²) in [5, 5.41) is 4.26. The summed E-state index contributed by atoms with van der Waals surface area (Å²) in [6, 6.07) is 11.2. The topological polar surface area (TPSA) is 93.5 Å². The number of hydrogen-bond donors (Lipinski definition) is 0. The van der Waals surface area contributed by atoms with Gasteiger partial charge in [0.05, 0.1) is 11.4 Å². The Morgan fingerprint density at radius 3 is 2.26 bits per heavy atom. The number of para-hydroxylation sites is 1. The summed E-state index contributed by atoms with van der Waals surface area (Å²) in [5.41, 5.74) is 1.17. The van der Waals surface area contributed by atoms with Gasteiger partial charge in [0.1, 0.15) is 22.3 Å². The molecule has 0 N–H and O–H groups in total. The number of aryl methyl sites for hydroxylation is 3. The molecule has 0 spiro atoms. The first kappa shape index (κ1) is 21.3. The molecule has 0 aliphatic carbocycles. The second-order valence-electron chi connectivity index (χ2n) is 7.54. The quantitative estimate of drug-likeness (QED) is 0.599. The molecule has 3 aromatic rings. The zero-order valence-corrected chi connectivity index (χ0v) is 18.9. The van der Waals surface area contributed by atoms with E-state index >= 15 is 0 Å². The first-order valence-corrected chi connectivity index (χ1v) is 11.5. The van der Waals surface area contributed by atoms with Crippen LogP contribution in [0.2, 0.25) is 0 Å². The molecule has 0 atom stereocenters. The average Bonchev–Trinajstić information content (AvgIpc) is 3.00. The number of rotatable bonds is 5. The molecule has 4 rings (SSSR count). The van der Waals surface area contributed by atoms with Gasteiger partial charge in [0.15, 0.2) is 0 Å². The predicted octanol–water partition coefficient (Wildman–Crippen LogP) is 2.44. The third kappa shape index (κ3) is 4.26. The van der Waals surface area contributed by atoms with Crippen molar-refractivity contribution in [1.82, 2.24) is 24.1 Å². The second-order valence-corrected chi connectivity index (χ2v) is 9.42. The van der Waals surface area contributed by atoms with Gasteiger partial charge >= 0.3 is 0 Å². The molecule has 0 amide bonds. The number of piperazine rings is 1. The van der Waals surface area contributed by atoms with E-state index in [9.17, 15) is 8.42 Å². The number of aromatic nitrogens is 4. The van der Waals surface area contributed by atoms with Crippen LogP contribution < -0.4 is 9.64 Å². The average molecular weight is 443 g/mol. The third-order valence-corrected chi connectivity index (χ3v) is 7.52. The lowest BCUT2D eigenvalue weighted by Gasteiger charge is -2.34. The molecule has 31 heavy (non-hydrogen) atoms. The smallest absolute Gasteiger partial charge is 0.246 e. The fourth-order valence-corrected chi connectivity index (χ4v) is 5.58. The Kier molecular flexibility index (Phi) is 5.67. The molecular weight excluding hydrogens is 416 g/mol. The zero-order valence-electron chi connectivity index (χ0n) is 18.1. The summed E-state index contributed by atoms with van der Waals surface area (Å²) in [6.07, 6.45) is 0. The Morgan fingerprint density at radius 2 is 1.65 bits per heavy atom.